The Balaban J connectivity index is 1.42. The maximum Gasteiger partial charge on any atom is 0.242 e. The second-order valence-electron chi connectivity index (χ2n) is 6.18. The maximum absolute atomic E-state index is 12.5. The molecule has 0 spiro atoms. The van der Waals surface area contributed by atoms with E-state index in [1.165, 1.54) is 0 Å². The number of aromatic nitrogens is 1. The number of anilines is 1. The lowest BCUT2D eigenvalue weighted by molar-refractivity contribution is -0.117. The molecule has 1 saturated heterocycles. The number of hydrazine groups is 1. The Bertz CT molecular complexity index is 905. The second-order valence-corrected chi connectivity index (χ2v) is 6.18. The van der Waals surface area contributed by atoms with Crippen molar-refractivity contribution >= 4 is 22.5 Å². The van der Waals surface area contributed by atoms with Gasteiger partial charge in [-0.25, -0.2) is 10.9 Å². The number of aromatic amines is 1. The van der Waals surface area contributed by atoms with Crippen molar-refractivity contribution in [1.82, 2.24) is 15.8 Å². The number of benzene rings is 2. The van der Waals surface area contributed by atoms with E-state index in [9.17, 15) is 4.79 Å². The van der Waals surface area contributed by atoms with E-state index in [4.69, 9.17) is 4.74 Å². The fourth-order valence-corrected chi connectivity index (χ4v) is 3.16. The minimum Gasteiger partial charge on any atom is -0.497 e. The van der Waals surface area contributed by atoms with Crippen molar-refractivity contribution in [2.24, 2.45) is 0 Å². The van der Waals surface area contributed by atoms with Gasteiger partial charge in [-0.15, -0.1) is 0 Å². The van der Waals surface area contributed by atoms with Gasteiger partial charge < -0.3 is 15.0 Å². The van der Waals surface area contributed by atoms with Crippen LogP contribution in [-0.4, -0.2) is 24.0 Å². The molecule has 25 heavy (non-hydrogen) atoms. The van der Waals surface area contributed by atoms with Crippen molar-refractivity contribution in [3.8, 4) is 5.75 Å². The highest BCUT2D eigenvalue weighted by Gasteiger charge is 2.30. The summed E-state index contributed by atoms with van der Waals surface area (Å²) in [7, 11) is 1.65. The molecule has 6 nitrogen and oxygen atoms in total. The molecule has 4 N–H and O–H groups in total. The summed E-state index contributed by atoms with van der Waals surface area (Å²) in [6, 6.07) is 15.5. The first kappa shape index (κ1) is 15.7. The largest absolute Gasteiger partial charge is 0.497 e. The van der Waals surface area contributed by atoms with Crippen molar-refractivity contribution in [1.29, 1.82) is 0 Å². The summed E-state index contributed by atoms with van der Waals surface area (Å²) in [6.07, 6.45) is 2.56. The van der Waals surface area contributed by atoms with Crippen LogP contribution in [0.15, 0.2) is 54.7 Å². The fraction of sp³-hybridized carbons (Fsp3) is 0.211. The molecule has 1 amide bonds. The number of hydrogen-bond acceptors (Lipinski definition) is 4. The van der Waals surface area contributed by atoms with Gasteiger partial charge in [-0.3, -0.25) is 4.79 Å². The molecule has 1 aromatic heterocycles. The van der Waals surface area contributed by atoms with Crippen LogP contribution in [0.5, 0.6) is 5.75 Å². The predicted molar refractivity (Wildman–Crippen MR) is 97.3 cm³/mol. The van der Waals surface area contributed by atoms with Crippen molar-refractivity contribution in [2.45, 2.75) is 18.5 Å². The first-order chi connectivity index (χ1) is 12.2. The molecule has 128 valence electrons. The number of hydrogen-bond donors (Lipinski definition) is 4. The van der Waals surface area contributed by atoms with Gasteiger partial charge in [0.1, 0.15) is 11.8 Å². The van der Waals surface area contributed by atoms with Crippen molar-refractivity contribution in [2.75, 3.05) is 12.4 Å². The molecule has 1 aliphatic heterocycles. The summed E-state index contributed by atoms with van der Waals surface area (Å²) in [4.78, 5) is 15.7. The minimum atomic E-state index is -0.296. The van der Waals surface area contributed by atoms with Gasteiger partial charge in [0.05, 0.1) is 7.11 Å². The number of carbonyl (C=O) groups excluding carboxylic acids is 1. The summed E-state index contributed by atoms with van der Waals surface area (Å²) >= 11 is 0. The van der Waals surface area contributed by atoms with Gasteiger partial charge in [0.15, 0.2) is 0 Å². The molecule has 2 heterocycles. The zero-order valence-corrected chi connectivity index (χ0v) is 13.9. The first-order valence-electron chi connectivity index (χ1n) is 8.26. The first-order valence-corrected chi connectivity index (χ1v) is 8.26. The normalized spacial score (nSPS) is 19.9. The summed E-state index contributed by atoms with van der Waals surface area (Å²) in [6.45, 7) is 0. The molecule has 0 bridgehead atoms. The van der Waals surface area contributed by atoms with E-state index in [0.717, 1.165) is 27.9 Å². The van der Waals surface area contributed by atoms with Crippen LogP contribution in [0.3, 0.4) is 0 Å². The average Bonchev–Trinajstić information content (AvgIpc) is 3.31. The third-order valence-corrected chi connectivity index (χ3v) is 4.54. The molecule has 6 heteroatoms. The highest BCUT2D eigenvalue weighted by Crippen LogP contribution is 2.26. The third-order valence-electron chi connectivity index (χ3n) is 4.54. The van der Waals surface area contributed by atoms with Crippen molar-refractivity contribution in [3.63, 3.8) is 0 Å². The number of carbonyl (C=O) groups is 1. The van der Waals surface area contributed by atoms with E-state index in [1.54, 1.807) is 7.11 Å². The van der Waals surface area contributed by atoms with Gasteiger partial charge in [0.2, 0.25) is 5.91 Å². The van der Waals surface area contributed by atoms with E-state index in [0.29, 0.717) is 6.42 Å². The number of fused-ring (bicyclic) bond motifs is 1. The molecule has 1 aliphatic rings. The van der Waals surface area contributed by atoms with E-state index in [1.807, 2.05) is 54.7 Å². The Morgan fingerprint density at radius 2 is 2.08 bits per heavy atom. The van der Waals surface area contributed by atoms with Crippen LogP contribution in [-0.2, 0) is 4.79 Å². The van der Waals surface area contributed by atoms with E-state index in [-0.39, 0.29) is 18.0 Å². The Morgan fingerprint density at radius 1 is 1.16 bits per heavy atom. The van der Waals surface area contributed by atoms with Crippen LogP contribution in [0.1, 0.15) is 18.0 Å². The van der Waals surface area contributed by atoms with Crippen LogP contribution in [0.2, 0.25) is 0 Å². The van der Waals surface area contributed by atoms with Crippen LogP contribution in [0, 0.1) is 0 Å². The van der Waals surface area contributed by atoms with Gasteiger partial charge in [-0.05, 0) is 47.7 Å². The lowest BCUT2D eigenvalue weighted by Crippen LogP contribution is -2.39. The topological polar surface area (TPSA) is 78.2 Å². The highest BCUT2D eigenvalue weighted by atomic mass is 16.5. The molecular weight excluding hydrogens is 316 g/mol. The summed E-state index contributed by atoms with van der Waals surface area (Å²) < 4.78 is 5.27. The number of rotatable bonds is 4. The SMILES string of the molecule is COc1cccc(C2CC(C(=O)Nc3ccc4cc[nH]c4c3)NN2)c1. The Kier molecular flexibility index (Phi) is 4.13. The van der Waals surface area contributed by atoms with Gasteiger partial charge in [-0.2, -0.15) is 0 Å². The van der Waals surface area contributed by atoms with Crippen LogP contribution in [0.25, 0.3) is 10.9 Å². The fourth-order valence-electron chi connectivity index (χ4n) is 3.16. The van der Waals surface area contributed by atoms with E-state index < -0.39 is 0 Å². The monoisotopic (exact) mass is 336 g/mol. The molecule has 0 saturated carbocycles. The van der Waals surface area contributed by atoms with Crippen LogP contribution < -0.4 is 20.9 Å². The lowest BCUT2D eigenvalue weighted by atomic mass is 10.0. The van der Waals surface area contributed by atoms with Crippen molar-refractivity contribution < 1.29 is 9.53 Å². The predicted octanol–water partition coefficient (Wildman–Crippen LogP) is 2.72. The number of amides is 1. The molecule has 4 rings (SSSR count). The molecule has 0 radical (unpaired) electrons. The van der Waals surface area contributed by atoms with Crippen LogP contribution in [0.4, 0.5) is 5.69 Å². The van der Waals surface area contributed by atoms with E-state index >= 15 is 0 Å². The molecule has 2 aromatic carbocycles. The zero-order valence-electron chi connectivity index (χ0n) is 13.9. The van der Waals surface area contributed by atoms with Gasteiger partial charge in [0.25, 0.3) is 0 Å². The number of methoxy groups -OCH3 is 1. The second kappa shape index (κ2) is 6.58. The van der Waals surface area contributed by atoms with Gasteiger partial charge >= 0.3 is 0 Å². The molecule has 2 unspecified atom stereocenters. The summed E-state index contributed by atoms with van der Waals surface area (Å²) in [5, 5.41) is 4.10. The summed E-state index contributed by atoms with van der Waals surface area (Å²) in [5.74, 6) is 0.759. The van der Waals surface area contributed by atoms with Gasteiger partial charge in [-0.1, -0.05) is 18.2 Å². The minimum absolute atomic E-state index is 0.0520. The molecule has 2 atom stereocenters. The Labute approximate surface area is 145 Å². The number of H-pyrrole nitrogens is 1. The third kappa shape index (κ3) is 3.22. The Hall–Kier alpha value is -2.83. The molecular formula is C19H20N4O2. The highest BCUT2D eigenvalue weighted by molar-refractivity contribution is 5.97. The quantitative estimate of drug-likeness (QED) is 0.591. The standard InChI is InChI=1S/C19H20N4O2/c1-25-15-4-2-3-13(9-15)17-11-18(23-22-17)19(24)21-14-6-5-12-7-8-20-16(12)10-14/h2-10,17-18,20,22-23H,11H2,1H3,(H,21,24). The number of nitrogens with one attached hydrogen (secondary N) is 4. The molecule has 0 aliphatic carbocycles. The average molecular weight is 336 g/mol. The zero-order chi connectivity index (χ0) is 17.2. The number of ether oxygens (including phenoxy) is 1. The maximum atomic E-state index is 12.5. The Morgan fingerprint density at radius 3 is 2.96 bits per heavy atom. The van der Waals surface area contributed by atoms with Crippen LogP contribution >= 0.6 is 0 Å². The van der Waals surface area contributed by atoms with Gasteiger partial charge in [0, 0.05) is 23.4 Å². The van der Waals surface area contributed by atoms with E-state index in [2.05, 4.69) is 21.2 Å². The molecule has 1 fully saturated rings. The smallest absolute Gasteiger partial charge is 0.242 e. The van der Waals surface area contributed by atoms with Crippen molar-refractivity contribution in [3.05, 3.63) is 60.3 Å². The molecule has 3 aromatic rings. The lowest BCUT2D eigenvalue weighted by Gasteiger charge is -2.11. The summed E-state index contributed by atoms with van der Waals surface area (Å²) in [5.41, 5.74) is 9.16.